The Morgan fingerprint density at radius 3 is 2.88 bits per heavy atom. The standard InChI is InChI=1S/C13H24N2O2/c1-2-6-15-13(10-14)5-9-17-11-12-3-7-16-8-4-12/h12-13,15H,2-9,11H2,1H3. The molecule has 0 aromatic heterocycles. The number of ether oxygens (including phenoxy) is 2. The lowest BCUT2D eigenvalue weighted by atomic mass is 10.0. The zero-order valence-corrected chi connectivity index (χ0v) is 10.8. The van der Waals surface area contributed by atoms with E-state index in [0.717, 1.165) is 52.0 Å². The van der Waals surface area contributed by atoms with Gasteiger partial charge in [0.2, 0.25) is 0 Å². The predicted molar refractivity (Wildman–Crippen MR) is 66.7 cm³/mol. The van der Waals surface area contributed by atoms with Gasteiger partial charge in [-0.05, 0) is 38.1 Å². The zero-order valence-electron chi connectivity index (χ0n) is 10.8. The van der Waals surface area contributed by atoms with Gasteiger partial charge in [-0.25, -0.2) is 0 Å². The monoisotopic (exact) mass is 240 g/mol. The van der Waals surface area contributed by atoms with Crippen molar-refractivity contribution >= 4 is 0 Å². The lowest BCUT2D eigenvalue weighted by molar-refractivity contribution is 0.0194. The average Bonchev–Trinajstić information content (AvgIpc) is 2.39. The van der Waals surface area contributed by atoms with Crippen LogP contribution >= 0.6 is 0 Å². The predicted octanol–water partition coefficient (Wildman–Crippen LogP) is 1.71. The SMILES string of the molecule is CCCNC(C#N)CCOCC1CCOCC1. The van der Waals surface area contributed by atoms with Crippen LogP contribution in [0.25, 0.3) is 0 Å². The number of hydrogen-bond acceptors (Lipinski definition) is 4. The van der Waals surface area contributed by atoms with E-state index >= 15 is 0 Å². The summed E-state index contributed by atoms with van der Waals surface area (Å²) >= 11 is 0. The first-order valence-electron chi connectivity index (χ1n) is 6.65. The van der Waals surface area contributed by atoms with Crippen molar-refractivity contribution in [3.05, 3.63) is 0 Å². The molecule has 1 N–H and O–H groups in total. The molecule has 1 atom stereocenters. The summed E-state index contributed by atoms with van der Waals surface area (Å²) < 4.78 is 10.9. The average molecular weight is 240 g/mol. The second-order valence-electron chi connectivity index (χ2n) is 4.56. The highest BCUT2D eigenvalue weighted by Gasteiger charge is 2.14. The van der Waals surface area contributed by atoms with Crippen LogP contribution in [0.4, 0.5) is 0 Å². The van der Waals surface area contributed by atoms with Gasteiger partial charge in [-0.2, -0.15) is 5.26 Å². The van der Waals surface area contributed by atoms with Crippen molar-refractivity contribution in [2.75, 3.05) is 33.0 Å². The number of hydrogen-bond donors (Lipinski definition) is 1. The van der Waals surface area contributed by atoms with Crippen LogP contribution in [-0.4, -0.2) is 39.0 Å². The summed E-state index contributed by atoms with van der Waals surface area (Å²) in [5.74, 6) is 0.646. The molecule has 0 saturated carbocycles. The number of rotatable bonds is 8. The first-order chi connectivity index (χ1) is 8.36. The van der Waals surface area contributed by atoms with Crippen LogP contribution in [-0.2, 0) is 9.47 Å². The molecule has 4 heteroatoms. The van der Waals surface area contributed by atoms with Gasteiger partial charge in [0.05, 0.1) is 12.1 Å². The molecule has 1 rings (SSSR count). The molecule has 17 heavy (non-hydrogen) atoms. The van der Waals surface area contributed by atoms with Crippen LogP contribution in [0.2, 0.25) is 0 Å². The Bertz CT molecular complexity index is 222. The molecule has 0 aliphatic carbocycles. The van der Waals surface area contributed by atoms with Gasteiger partial charge in [0, 0.05) is 26.4 Å². The quantitative estimate of drug-likeness (QED) is 0.656. The summed E-state index contributed by atoms with van der Waals surface area (Å²) in [6, 6.07) is 2.20. The van der Waals surface area contributed by atoms with Gasteiger partial charge in [-0.3, -0.25) is 0 Å². The van der Waals surface area contributed by atoms with Crippen molar-refractivity contribution in [1.82, 2.24) is 5.32 Å². The molecule has 1 aliphatic heterocycles. The van der Waals surface area contributed by atoms with Crippen LogP contribution in [0.1, 0.15) is 32.6 Å². The third-order valence-electron chi connectivity index (χ3n) is 3.04. The first-order valence-corrected chi connectivity index (χ1v) is 6.65. The molecule has 1 aliphatic rings. The molecule has 1 heterocycles. The maximum atomic E-state index is 8.92. The van der Waals surface area contributed by atoms with Crippen molar-refractivity contribution in [1.29, 1.82) is 5.26 Å². The third-order valence-corrected chi connectivity index (χ3v) is 3.04. The molecule has 4 nitrogen and oxygen atoms in total. The Morgan fingerprint density at radius 1 is 1.47 bits per heavy atom. The maximum Gasteiger partial charge on any atom is 0.0975 e. The molecule has 0 radical (unpaired) electrons. The molecular weight excluding hydrogens is 216 g/mol. The van der Waals surface area contributed by atoms with E-state index in [1.165, 1.54) is 0 Å². The second kappa shape index (κ2) is 9.41. The molecule has 0 spiro atoms. The molecule has 0 amide bonds. The molecular formula is C13H24N2O2. The Labute approximate surface area is 104 Å². The van der Waals surface area contributed by atoms with E-state index < -0.39 is 0 Å². The van der Waals surface area contributed by atoms with E-state index in [-0.39, 0.29) is 6.04 Å². The highest BCUT2D eigenvalue weighted by Crippen LogP contribution is 2.14. The molecule has 1 fully saturated rings. The second-order valence-corrected chi connectivity index (χ2v) is 4.56. The minimum Gasteiger partial charge on any atom is -0.381 e. The van der Waals surface area contributed by atoms with E-state index in [9.17, 15) is 0 Å². The number of nitrogens with one attached hydrogen (secondary N) is 1. The first kappa shape index (κ1) is 14.4. The summed E-state index contributed by atoms with van der Waals surface area (Å²) in [4.78, 5) is 0. The van der Waals surface area contributed by atoms with Crippen LogP contribution in [0.5, 0.6) is 0 Å². The van der Waals surface area contributed by atoms with Crippen LogP contribution in [0.3, 0.4) is 0 Å². The minimum atomic E-state index is -0.0651. The molecule has 0 aromatic rings. The maximum absolute atomic E-state index is 8.92. The van der Waals surface area contributed by atoms with E-state index in [2.05, 4.69) is 18.3 Å². The summed E-state index contributed by atoms with van der Waals surface area (Å²) in [7, 11) is 0. The van der Waals surface area contributed by atoms with Crippen LogP contribution < -0.4 is 5.32 Å². The lowest BCUT2D eigenvalue weighted by Gasteiger charge is -2.22. The highest BCUT2D eigenvalue weighted by atomic mass is 16.5. The highest BCUT2D eigenvalue weighted by molar-refractivity contribution is 4.89. The topological polar surface area (TPSA) is 54.3 Å². The fourth-order valence-corrected chi connectivity index (χ4v) is 1.90. The van der Waals surface area contributed by atoms with Gasteiger partial charge in [0.25, 0.3) is 0 Å². The molecule has 0 aromatic carbocycles. The molecule has 98 valence electrons. The lowest BCUT2D eigenvalue weighted by Crippen LogP contribution is -2.30. The van der Waals surface area contributed by atoms with Gasteiger partial charge in [-0.15, -0.1) is 0 Å². The Hall–Kier alpha value is -0.630. The third kappa shape index (κ3) is 6.62. The van der Waals surface area contributed by atoms with E-state index in [4.69, 9.17) is 14.7 Å². The Balaban J connectivity index is 2.00. The summed E-state index contributed by atoms with van der Waals surface area (Å²) in [5, 5.41) is 12.1. The summed E-state index contributed by atoms with van der Waals surface area (Å²) in [6.07, 6.45) is 4.05. The largest absolute Gasteiger partial charge is 0.381 e. The molecule has 1 unspecified atom stereocenters. The summed E-state index contributed by atoms with van der Waals surface area (Å²) in [5.41, 5.74) is 0. The Kier molecular flexibility index (Phi) is 7.98. The summed E-state index contributed by atoms with van der Waals surface area (Å²) in [6.45, 7) is 6.22. The van der Waals surface area contributed by atoms with E-state index in [1.807, 2.05) is 0 Å². The number of nitriles is 1. The minimum absolute atomic E-state index is 0.0651. The van der Waals surface area contributed by atoms with Crippen molar-refractivity contribution in [2.45, 2.75) is 38.6 Å². The van der Waals surface area contributed by atoms with Crippen molar-refractivity contribution in [2.24, 2.45) is 5.92 Å². The van der Waals surface area contributed by atoms with Crippen LogP contribution in [0, 0.1) is 17.2 Å². The normalized spacial score (nSPS) is 18.8. The van der Waals surface area contributed by atoms with Crippen LogP contribution in [0.15, 0.2) is 0 Å². The fraction of sp³-hybridized carbons (Fsp3) is 0.923. The van der Waals surface area contributed by atoms with Gasteiger partial charge in [0.1, 0.15) is 0 Å². The Morgan fingerprint density at radius 2 is 2.24 bits per heavy atom. The fourth-order valence-electron chi connectivity index (χ4n) is 1.90. The zero-order chi connectivity index (χ0) is 12.3. The smallest absolute Gasteiger partial charge is 0.0975 e. The number of nitrogens with zero attached hydrogens (tertiary/aromatic N) is 1. The van der Waals surface area contributed by atoms with Gasteiger partial charge >= 0.3 is 0 Å². The molecule has 0 bridgehead atoms. The van der Waals surface area contributed by atoms with Gasteiger partial charge in [0.15, 0.2) is 0 Å². The van der Waals surface area contributed by atoms with E-state index in [0.29, 0.717) is 12.5 Å². The van der Waals surface area contributed by atoms with Gasteiger partial charge in [-0.1, -0.05) is 6.92 Å². The van der Waals surface area contributed by atoms with Crippen molar-refractivity contribution in [3.8, 4) is 6.07 Å². The van der Waals surface area contributed by atoms with E-state index in [1.54, 1.807) is 0 Å². The van der Waals surface area contributed by atoms with Crippen molar-refractivity contribution in [3.63, 3.8) is 0 Å². The van der Waals surface area contributed by atoms with Gasteiger partial charge < -0.3 is 14.8 Å². The molecule has 1 saturated heterocycles. The van der Waals surface area contributed by atoms with Crippen molar-refractivity contribution < 1.29 is 9.47 Å².